The van der Waals surface area contributed by atoms with E-state index in [4.69, 9.17) is 17.3 Å². The summed E-state index contributed by atoms with van der Waals surface area (Å²) < 4.78 is 41.5. The molecule has 0 spiro atoms. The molecule has 0 heterocycles. The van der Waals surface area contributed by atoms with Gasteiger partial charge in [0.2, 0.25) is 10.0 Å². The molecule has 0 atom stereocenters. The molecule has 20 heavy (non-hydrogen) atoms. The van der Waals surface area contributed by atoms with Crippen molar-refractivity contribution < 1.29 is 12.8 Å². The number of benzene rings is 1. The summed E-state index contributed by atoms with van der Waals surface area (Å²) in [7, 11) is -3.97. The fourth-order valence-electron chi connectivity index (χ4n) is 2.25. The maximum Gasteiger partial charge on any atom is 0.244 e. The predicted molar refractivity (Wildman–Crippen MR) is 76.4 cm³/mol. The molecule has 0 aromatic heterocycles. The third-order valence-electron chi connectivity index (χ3n) is 3.58. The normalized spacial score (nSPS) is 16.4. The molecule has 1 saturated carbocycles. The van der Waals surface area contributed by atoms with E-state index in [1.807, 2.05) is 0 Å². The Morgan fingerprint density at radius 1 is 1.45 bits per heavy atom. The third kappa shape index (κ3) is 3.14. The standard InChI is InChI=1S/C13H18ClFN2O2S/c1-13(2,9-3-4-9)17-20(18,19)11-6-10(14)5-8(7-16)12(11)15/h5-6,9,17H,3-4,7,16H2,1-2H3. The molecule has 0 unspecified atom stereocenters. The van der Waals surface area contributed by atoms with Gasteiger partial charge in [-0.3, -0.25) is 0 Å². The fraction of sp³-hybridized carbons (Fsp3) is 0.538. The Morgan fingerprint density at radius 2 is 2.05 bits per heavy atom. The molecule has 0 bridgehead atoms. The summed E-state index contributed by atoms with van der Waals surface area (Å²) >= 11 is 5.84. The van der Waals surface area contributed by atoms with Crippen LogP contribution in [0, 0.1) is 11.7 Å². The number of halogens is 2. The summed E-state index contributed by atoms with van der Waals surface area (Å²) in [5.74, 6) is -0.551. The van der Waals surface area contributed by atoms with Gasteiger partial charge in [-0.25, -0.2) is 17.5 Å². The van der Waals surface area contributed by atoms with Crippen LogP contribution in [0.25, 0.3) is 0 Å². The second kappa shape index (κ2) is 5.26. The van der Waals surface area contributed by atoms with E-state index in [-0.39, 0.29) is 23.0 Å². The van der Waals surface area contributed by atoms with E-state index in [0.717, 1.165) is 18.9 Å². The molecule has 112 valence electrons. The van der Waals surface area contributed by atoms with Gasteiger partial charge < -0.3 is 5.73 Å². The Labute approximate surface area is 123 Å². The number of hydrogen-bond donors (Lipinski definition) is 2. The lowest BCUT2D eigenvalue weighted by atomic mass is 10.0. The van der Waals surface area contributed by atoms with Crippen molar-refractivity contribution in [2.24, 2.45) is 11.7 Å². The average Bonchev–Trinajstić information content (AvgIpc) is 3.14. The minimum Gasteiger partial charge on any atom is -0.326 e. The molecule has 0 aliphatic heterocycles. The van der Waals surface area contributed by atoms with Crippen molar-refractivity contribution in [2.45, 2.75) is 43.7 Å². The molecule has 0 radical (unpaired) electrons. The first kappa shape index (κ1) is 15.7. The van der Waals surface area contributed by atoms with Crippen LogP contribution in [0.3, 0.4) is 0 Å². The molecular weight excluding hydrogens is 303 g/mol. The van der Waals surface area contributed by atoms with Crippen molar-refractivity contribution >= 4 is 21.6 Å². The fourth-order valence-corrected chi connectivity index (χ4v) is 4.18. The summed E-state index contributed by atoms with van der Waals surface area (Å²) in [6, 6.07) is 2.45. The van der Waals surface area contributed by atoms with Crippen LogP contribution < -0.4 is 10.5 Å². The highest BCUT2D eigenvalue weighted by atomic mass is 35.5. The van der Waals surface area contributed by atoms with Crippen LogP contribution in [0.15, 0.2) is 17.0 Å². The van der Waals surface area contributed by atoms with Gasteiger partial charge in [-0.05, 0) is 44.7 Å². The van der Waals surface area contributed by atoms with Crippen molar-refractivity contribution in [3.05, 3.63) is 28.5 Å². The number of nitrogens with one attached hydrogen (secondary N) is 1. The monoisotopic (exact) mass is 320 g/mol. The van der Waals surface area contributed by atoms with Crippen molar-refractivity contribution in [1.82, 2.24) is 4.72 Å². The topological polar surface area (TPSA) is 72.2 Å². The van der Waals surface area contributed by atoms with Crippen molar-refractivity contribution in [3.8, 4) is 0 Å². The quantitative estimate of drug-likeness (QED) is 0.875. The Kier molecular flexibility index (Phi) is 4.12. The van der Waals surface area contributed by atoms with Crippen LogP contribution in [0.4, 0.5) is 4.39 Å². The largest absolute Gasteiger partial charge is 0.326 e. The van der Waals surface area contributed by atoms with E-state index in [1.54, 1.807) is 13.8 Å². The smallest absolute Gasteiger partial charge is 0.244 e. The molecule has 4 nitrogen and oxygen atoms in total. The van der Waals surface area contributed by atoms with Crippen LogP contribution >= 0.6 is 11.6 Å². The molecular formula is C13H18ClFN2O2S. The first-order chi connectivity index (χ1) is 9.17. The lowest BCUT2D eigenvalue weighted by Gasteiger charge is -2.26. The first-order valence-electron chi connectivity index (χ1n) is 6.39. The number of hydrogen-bond acceptors (Lipinski definition) is 3. The second-order valence-corrected chi connectivity index (χ2v) is 7.77. The molecule has 3 N–H and O–H groups in total. The van der Waals surface area contributed by atoms with Crippen LogP contribution in [-0.4, -0.2) is 14.0 Å². The lowest BCUT2D eigenvalue weighted by Crippen LogP contribution is -2.45. The van der Waals surface area contributed by atoms with Crippen molar-refractivity contribution in [2.75, 3.05) is 0 Å². The molecule has 1 aliphatic carbocycles. The Morgan fingerprint density at radius 3 is 2.55 bits per heavy atom. The molecule has 7 heteroatoms. The van der Waals surface area contributed by atoms with Gasteiger partial charge in [0.15, 0.2) is 0 Å². The van der Waals surface area contributed by atoms with E-state index >= 15 is 0 Å². The highest BCUT2D eigenvalue weighted by Crippen LogP contribution is 2.40. The van der Waals surface area contributed by atoms with Gasteiger partial charge in [0.1, 0.15) is 10.7 Å². The maximum atomic E-state index is 14.2. The Bertz CT molecular complexity index is 628. The molecule has 1 aromatic rings. The SMILES string of the molecule is CC(C)(NS(=O)(=O)c1cc(Cl)cc(CN)c1F)C1CC1. The van der Waals surface area contributed by atoms with E-state index in [9.17, 15) is 12.8 Å². The highest BCUT2D eigenvalue weighted by molar-refractivity contribution is 7.89. The first-order valence-corrected chi connectivity index (χ1v) is 8.25. The Balaban J connectivity index is 2.41. The van der Waals surface area contributed by atoms with Gasteiger partial charge in [-0.15, -0.1) is 0 Å². The number of rotatable bonds is 5. The zero-order valence-electron chi connectivity index (χ0n) is 11.4. The van der Waals surface area contributed by atoms with Crippen molar-refractivity contribution in [3.63, 3.8) is 0 Å². The lowest BCUT2D eigenvalue weighted by molar-refractivity contribution is 0.399. The highest BCUT2D eigenvalue weighted by Gasteiger charge is 2.41. The Hall–Kier alpha value is -0.690. The summed E-state index contributed by atoms with van der Waals surface area (Å²) in [6.45, 7) is 3.49. The maximum absolute atomic E-state index is 14.2. The third-order valence-corrected chi connectivity index (χ3v) is 5.47. The molecule has 1 aliphatic rings. The summed E-state index contributed by atoms with van der Waals surface area (Å²) in [4.78, 5) is -0.445. The van der Waals surface area contributed by atoms with Gasteiger partial charge in [-0.1, -0.05) is 11.6 Å². The van der Waals surface area contributed by atoms with Gasteiger partial charge in [-0.2, -0.15) is 0 Å². The van der Waals surface area contributed by atoms with Crippen LogP contribution in [0.1, 0.15) is 32.3 Å². The van der Waals surface area contributed by atoms with Gasteiger partial charge in [0, 0.05) is 22.7 Å². The zero-order chi connectivity index (χ0) is 15.1. The summed E-state index contributed by atoms with van der Waals surface area (Å²) in [5.41, 5.74) is 4.89. The molecule has 2 rings (SSSR count). The predicted octanol–water partition coefficient (Wildman–Crippen LogP) is 2.40. The van der Waals surface area contributed by atoms with Crippen molar-refractivity contribution in [1.29, 1.82) is 0 Å². The summed E-state index contributed by atoms with van der Waals surface area (Å²) in [6.07, 6.45) is 1.95. The average molecular weight is 321 g/mol. The van der Waals surface area contributed by atoms with E-state index in [0.29, 0.717) is 0 Å². The van der Waals surface area contributed by atoms with Gasteiger partial charge in [0.05, 0.1) is 0 Å². The zero-order valence-corrected chi connectivity index (χ0v) is 13.0. The number of nitrogens with two attached hydrogens (primary N) is 1. The second-order valence-electron chi connectivity index (χ2n) is 5.68. The van der Waals surface area contributed by atoms with Crippen LogP contribution in [0.5, 0.6) is 0 Å². The molecule has 1 aromatic carbocycles. The van der Waals surface area contributed by atoms with E-state index in [1.165, 1.54) is 6.07 Å². The van der Waals surface area contributed by atoms with Crippen LogP contribution in [0.2, 0.25) is 5.02 Å². The van der Waals surface area contributed by atoms with Crippen LogP contribution in [-0.2, 0) is 16.6 Å². The number of sulfonamides is 1. The minimum absolute atomic E-state index is 0.0853. The van der Waals surface area contributed by atoms with E-state index < -0.39 is 26.3 Å². The summed E-state index contributed by atoms with van der Waals surface area (Å²) in [5, 5.41) is 0.149. The molecule has 0 amide bonds. The van der Waals surface area contributed by atoms with E-state index in [2.05, 4.69) is 4.72 Å². The van der Waals surface area contributed by atoms with Gasteiger partial charge >= 0.3 is 0 Å². The minimum atomic E-state index is -3.97. The molecule has 0 saturated heterocycles. The molecule has 1 fully saturated rings. The van der Waals surface area contributed by atoms with Gasteiger partial charge in [0.25, 0.3) is 0 Å².